The topological polar surface area (TPSA) is 86.8 Å². The molecule has 0 aliphatic rings. The predicted octanol–water partition coefficient (Wildman–Crippen LogP) is 6.12. The minimum Gasteiger partial charge on any atom is -0.352 e. The highest BCUT2D eigenvalue weighted by molar-refractivity contribution is 9.10. The lowest BCUT2D eigenvalue weighted by Gasteiger charge is -2.32. The van der Waals surface area contributed by atoms with Crippen molar-refractivity contribution in [3.8, 4) is 0 Å². The van der Waals surface area contributed by atoms with Crippen LogP contribution in [0.5, 0.6) is 0 Å². The van der Waals surface area contributed by atoms with Crippen LogP contribution >= 0.6 is 27.5 Å². The fourth-order valence-electron chi connectivity index (χ4n) is 4.55. The molecule has 0 fully saturated rings. The molecule has 3 aromatic rings. The Bertz CT molecular complexity index is 1430. The molecule has 0 spiro atoms. The number of halogens is 2. The van der Waals surface area contributed by atoms with E-state index in [0.29, 0.717) is 17.1 Å². The highest BCUT2D eigenvalue weighted by atomic mass is 79.9. The first-order chi connectivity index (χ1) is 19.3. The Morgan fingerprint density at radius 3 is 2.24 bits per heavy atom. The zero-order valence-electron chi connectivity index (χ0n) is 23.8. The van der Waals surface area contributed by atoms with Crippen LogP contribution < -0.4 is 9.62 Å². The Hall–Kier alpha value is -2.88. The number of carbonyl (C=O) groups excluding carboxylic acids is 2. The summed E-state index contributed by atoms with van der Waals surface area (Å²) < 4.78 is 27.6. The minimum atomic E-state index is -3.63. The van der Waals surface area contributed by atoms with Crippen LogP contribution in [0.1, 0.15) is 43.4 Å². The summed E-state index contributed by atoms with van der Waals surface area (Å²) in [6.45, 7) is 5.92. The average molecular weight is 663 g/mol. The number of hydrogen-bond acceptors (Lipinski definition) is 4. The van der Waals surface area contributed by atoms with Crippen LogP contribution in [0.25, 0.3) is 0 Å². The SMILES string of the molecule is Cc1ccc(Cl)cc1N(CCCC(=O)N(Cc1ccc(Br)cc1)[C@@H](Cc1ccccc1)C(=O)NC(C)C)S(C)(=O)=O. The maximum atomic E-state index is 13.9. The Morgan fingerprint density at radius 2 is 1.63 bits per heavy atom. The summed E-state index contributed by atoms with van der Waals surface area (Å²) in [6.07, 6.45) is 1.81. The van der Waals surface area contributed by atoms with Gasteiger partial charge in [0.2, 0.25) is 21.8 Å². The summed E-state index contributed by atoms with van der Waals surface area (Å²) in [6, 6.07) is 21.5. The van der Waals surface area contributed by atoms with Crippen LogP contribution in [-0.4, -0.2) is 50.0 Å². The molecule has 0 aromatic heterocycles. The summed E-state index contributed by atoms with van der Waals surface area (Å²) in [4.78, 5) is 29.0. The molecule has 2 amide bonds. The van der Waals surface area contributed by atoms with Crippen molar-refractivity contribution < 1.29 is 18.0 Å². The van der Waals surface area contributed by atoms with E-state index in [1.54, 1.807) is 23.1 Å². The largest absolute Gasteiger partial charge is 0.352 e. The quantitative estimate of drug-likeness (QED) is 0.239. The molecule has 3 aromatic carbocycles. The summed E-state index contributed by atoms with van der Waals surface area (Å²) in [5, 5.41) is 3.41. The maximum absolute atomic E-state index is 13.9. The maximum Gasteiger partial charge on any atom is 0.243 e. The standard InChI is InChI=1S/C31H37BrClN3O4S/c1-22(2)34-31(38)29(19-24-9-6-5-7-10-24)35(21-25-13-15-26(32)16-14-25)30(37)11-8-18-36(41(4,39)40)28-20-27(33)17-12-23(28)3/h5-7,9-10,12-17,20,22,29H,8,11,18-19,21H2,1-4H3,(H,34,38)/t29-/m0/s1. The van der Waals surface area contributed by atoms with Gasteiger partial charge in [0.1, 0.15) is 6.04 Å². The first-order valence-electron chi connectivity index (χ1n) is 13.5. The van der Waals surface area contributed by atoms with Gasteiger partial charge in [-0.1, -0.05) is 76.1 Å². The molecule has 7 nitrogen and oxygen atoms in total. The van der Waals surface area contributed by atoms with Crippen molar-refractivity contribution in [2.45, 2.75) is 58.7 Å². The van der Waals surface area contributed by atoms with Gasteiger partial charge in [0.15, 0.2) is 0 Å². The Morgan fingerprint density at radius 1 is 0.976 bits per heavy atom. The normalized spacial score (nSPS) is 12.2. The van der Waals surface area contributed by atoms with Gasteiger partial charge in [-0.2, -0.15) is 0 Å². The van der Waals surface area contributed by atoms with Gasteiger partial charge >= 0.3 is 0 Å². The van der Waals surface area contributed by atoms with E-state index in [1.165, 1.54) is 4.31 Å². The molecule has 0 unspecified atom stereocenters. The zero-order chi connectivity index (χ0) is 30.2. The summed E-state index contributed by atoms with van der Waals surface area (Å²) >= 11 is 9.62. The smallest absolute Gasteiger partial charge is 0.243 e. The predicted molar refractivity (Wildman–Crippen MR) is 170 cm³/mol. The van der Waals surface area contributed by atoms with Crippen molar-refractivity contribution in [3.63, 3.8) is 0 Å². The Kier molecular flexibility index (Phi) is 11.8. The number of benzene rings is 3. The first kappa shape index (κ1) is 32.6. The number of nitrogens with one attached hydrogen (secondary N) is 1. The van der Waals surface area contributed by atoms with Gasteiger partial charge in [0.05, 0.1) is 11.9 Å². The Labute approximate surface area is 257 Å². The van der Waals surface area contributed by atoms with Crippen LogP contribution in [0, 0.1) is 6.92 Å². The van der Waals surface area contributed by atoms with Crippen LogP contribution in [0.15, 0.2) is 77.3 Å². The summed E-state index contributed by atoms with van der Waals surface area (Å²) in [5.41, 5.74) is 3.06. The van der Waals surface area contributed by atoms with Gasteiger partial charge in [-0.15, -0.1) is 0 Å². The van der Waals surface area contributed by atoms with Gasteiger partial charge in [-0.25, -0.2) is 8.42 Å². The second-order valence-corrected chi connectivity index (χ2v) is 13.6. The lowest BCUT2D eigenvalue weighted by molar-refractivity contribution is -0.141. The second-order valence-electron chi connectivity index (χ2n) is 10.4. The Balaban J connectivity index is 1.89. The third-order valence-electron chi connectivity index (χ3n) is 6.56. The van der Waals surface area contributed by atoms with Gasteiger partial charge in [0.25, 0.3) is 0 Å². The number of carbonyl (C=O) groups is 2. The number of nitrogens with zero attached hydrogens (tertiary/aromatic N) is 2. The van der Waals surface area contributed by atoms with Gasteiger partial charge < -0.3 is 10.2 Å². The average Bonchev–Trinajstić information content (AvgIpc) is 2.90. The number of amides is 2. The van der Waals surface area contributed by atoms with Gasteiger partial charge in [-0.3, -0.25) is 13.9 Å². The van der Waals surface area contributed by atoms with Crippen LogP contribution in [0.2, 0.25) is 5.02 Å². The third-order valence-corrected chi connectivity index (χ3v) is 8.50. The van der Waals surface area contributed by atoms with Crippen molar-refractivity contribution in [2.75, 3.05) is 17.1 Å². The molecule has 220 valence electrons. The van der Waals surface area contributed by atoms with E-state index < -0.39 is 16.1 Å². The van der Waals surface area contributed by atoms with Crippen molar-refractivity contribution in [1.29, 1.82) is 0 Å². The van der Waals surface area contributed by atoms with E-state index in [9.17, 15) is 18.0 Å². The number of hydrogen-bond donors (Lipinski definition) is 1. The molecular weight excluding hydrogens is 626 g/mol. The van der Waals surface area contributed by atoms with E-state index in [4.69, 9.17) is 11.6 Å². The lowest BCUT2D eigenvalue weighted by atomic mass is 10.0. The van der Waals surface area contributed by atoms with E-state index >= 15 is 0 Å². The van der Waals surface area contributed by atoms with E-state index in [-0.39, 0.29) is 43.8 Å². The van der Waals surface area contributed by atoms with Crippen molar-refractivity contribution in [1.82, 2.24) is 10.2 Å². The number of sulfonamides is 1. The summed E-state index contributed by atoms with van der Waals surface area (Å²) in [5.74, 6) is -0.467. The van der Waals surface area contributed by atoms with Gasteiger partial charge in [-0.05, 0) is 68.1 Å². The second kappa shape index (κ2) is 14.8. The minimum absolute atomic E-state index is 0.0579. The van der Waals surface area contributed by atoms with Crippen LogP contribution in [-0.2, 0) is 32.6 Å². The summed E-state index contributed by atoms with van der Waals surface area (Å²) in [7, 11) is -3.63. The molecule has 0 aliphatic heterocycles. The lowest BCUT2D eigenvalue weighted by Crippen LogP contribution is -2.51. The molecule has 0 radical (unpaired) electrons. The fraction of sp³-hybridized carbons (Fsp3) is 0.355. The van der Waals surface area contributed by atoms with Crippen molar-refractivity contribution in [2.24, 2.45) is 0 Å². The fourth-order valence-corrected chi connectivity index (χ4v) is 6.00. The zero-order valence-corrected chi connectivity index (χ0v) is 27.0. The molecule has 3 rings (SSSR count). The van der Waals surface area contributed by atoms with Gasteiger partial charge in [0, 0.05) is 41.5 Å². The molecule has 0 aliphatic carbocycles. The highest BCUT2D eigenvalue weighted by Gasteiger charge is 2.31. The molecular formula is C31H37BrClN3O4S. The van der Waals surface area contributed by atoms with E-state index in [2.05, 4.69) is 21.2 Å². The van der Waals surface area contributed by atoms with Crippen molar-refractivity contribution >= 4 is 55.1 Å². The highest BCUT2D eigenvalue weighted by Crippen LogP contribution is 2.27. The molecule has 0 saturated carbocycles. The number of aryl methyl sites for hydroxylation is 1. The third kappa shape index (κ3) is 9.87. The first-order valence-corrected chi connectivity index (χ1v) is 16.5. The van der Waals surface area contributed by atoms with Crippen LogP contribution in [0.4, 0.5) is 5.69 Å². The van der Waals surface area contributed by atoms with E-state index in [1.807, 2.05) is 75.4 Å². The number of anilines is 1. The molecule has 41 heavy (non-hydrogen) atoms. The molecule has 0 bridgehead atoms. The molecule has 0 heterocycles. The molecule has 0 saturated heterocycles. The molecule has 10 heteroatoms. The monoisotopic (exact) mass is 661 g/mol. The van der Waals surface area contributed by atoms with Crippen molar-refractivity contribution in [3.05, 3.63) is 99.0 Å². The number of rotatable bonds is 13. The molecule has 1 atom stereocenters. The van der Waals surface area contributed by atoms with Crippen LogP contribution in [0.3, 0.4) is 0 Å². The molecule has 1 N–H and O–H groups in total. The van der Waals surface area contributed by atoms with E-state index in [0.717, 1.165) is 27.4 Å².